The molecule has 0 bridgehead atoms. The first-order valence-electron chi connectivity index (χ1n) is 7.73. The lowest BCUT2D eigenvalue weighted by molar-refractivity contribution is -0.123. The van der Waals surface area contributed by atoms with Gasteiger partial charge >= 0.3 is 0 Å². The molecule has 120 valence electrons. The van der Waals surface area contributed by atoms with Crippen LogP contribution in [0.3, 0.4) is 0 Å². The molecule has 6 heteroatoms. The maximum Gasteiger partial charge on any atom is 0.240 e. The van der Waals surface area contributed by atoms with Gasteiger partial charge in [0, 0.05) is 24.7 Å². The van der Waals surface area contributed by atoms with E-state index in [1.54, 1.807) is 0 Å². The van der Waals surface area contributed by atoms with Crippen LogP contribution in [0.25, 0.3) is 0 Å². The summed E-state index contributed by atoms with van der Waals surface area (Å²) in [6.45, 7) is 3.59. The Hall–Kier alpha value is -1.14. The third-order valence-corrected chi connectivity index (χ3v) is 4.79. The van der Waals surface area contributed by atoms with Gasteiger partial charge in [0.25, 0.3) is 0 Å². The number of carbonyl (C=O) groups is 1. The van der Waals surface area contributed by atoms with Crippen molar-refractivity contribution < 1.29 is 9.53 Å². The van der Waals surface area contributed by atoms with Crippen LogP contribution in [0.1, 0.15) is 24.4 Å². The molecule has 2 aliphatic rings. The zero-order chi connectivity index (χ0) is 15.6. The summed E-state index contributed by atoms with van der Waals surface area (Å²) in [5, 5.41) is 3.73. The van der Waals surface area contributed by atoms with Crippen molar-refractivity contribution in [2.24, 2.45) is 5.73 Å². The van der Waals surface area contributed by atoms with Gasteiger partial charge in [-0.3, -0.25) is 9.69 Å². The molecule has 1 atom stereocenters. The molecule has 2 fully saturated rings. The molecule has 1 aromatic rings. The van der Waals surface area contributed by atoms with Crippen LogP contribution in [-0.2, 0) is 9.53 Å². The first kappa shape index (κ1) is 15.7. The van der Waals surface area contributed by atoms with Crippen molar-refractivity contribution in [1.29, 1.82) is 0 Å². The van der Waals surface area contributed by atoms with Gasteiger partial charge in [-0.05, 0) is 24.5 Å². The Balaban J connectivity index is 1.73. The topological polar surface area (TPSA) is 67.6 Å². The number of halogens is 1. The number of hydrogen-bond acceptors (Lipinski definition) is 4. The summed E-state index contributed by atoms with van der Waals surface area (Å²) in [5.74, 6) is -0.0576. The largest absolute Gasteiger partial charge is 0.379 e. The maximum absolute atomic E-state index is 12.1. The fourth-order valence-corrected chi connectivity index (χ4v) is 3.06. The maximum atomic E-state index is 12.1. The van der Waals surface area contributed by atoms with Gasteiger partial charge in [-0.25, -0.2) is 0 Å². The number of nitrogens with two attached hydrogens (primary N) is 1. The van der Waals surface area contributed by atoms with Crippen LogP contribution < -0.4 is 11.1 Å². The second kappa shape index (κ2) is 6.54. The fraction of sp³-hybridized carbons (Fsp3) is 0.562. The molecule has 1 aliphatic carbocycles. The van der Waals surface area contributed by atoms with Gasteiger partial charge in [-0.15, -0.1) is 0 Å². The number of amides is 1. The van der Waals surface area contributed by atoms with Crippen LogP contribution >= 0.6 is 11.6 Å². The summed E-state index contributed by atoms with van der Waals surface area (Å²) in [7, 11) is 0. The van der Waals surface area contributed by atoms with Gasteiger partial charge < -0.3 is 15.8 Å². The van der Waals surface area contributed by atoms with E-state index in [4.69, 9.17) is 22.1 Å². The van der Waals surface area contributed by atoms with Crippen molar-refractivity contribution in [3.05, 3.63) is 34.9 Å². The van der Waals surface area contributed by atoms with Crippen LogP contribution in [0.4, 0.5) is 0 Å². The average Bonchev–Trinajstić information content (AvgIpc) is 3.29. The molecule has 1 aliphatic heterocycles. The number of nitrogens with zero attached hydrogens (tertiary/aromatic N) is 1. The van der Waals surface area contributed by atoms with Crippen molar-refractivity contribution in [3.63, 3.8) is 0 Å². The molecule has 1 saturated carbocycles. The van der Waals surface area contributed by atoms with Crippen molar-refractivity contribution >= 4 is 17.5 Å². The van der Waals surface area contributed by atoms with E-state index in [1.807, 2.05) is 24.3 Å². The highest BCUT2D eigenvalue weighted by Crippen LogP contribution is 2.33. The van der Waals surface area contributed by atoms with E-state index in [9.17, 15) is 4.79 Å². The van der Waals surface area contributed by atoms with Gasteiger partial charge in [0.15, 0.2) is 0 Å². The number of carbonyl (C=O) groups excluding carboxylic acids is 1. The molecule has 3 rings (SSSR count). The minimum atomic E-state index is -0.643. The zero-order valence-corrected chi connectivity index (χ0v) is 13.3. The summed E-state index contributed by atoms with van der Waals surface area (Å²) in [4.78, 5) is 14.4. The number of nitrogens with one attached hydrogen (secondary N) is 1. The Labute approximate surface area is 135 Å². The molecular formula is C16H22ClN3O2. The van der Waals surface area contributed by atoms with Crippen LogP contribution in [0.15, 0.2) is 24.3 Å². The number of rotatable bonds is 5. The zero-order valence-electron chi connectivity index (χ0n) is 12.6. The Morgan fingerprint density at radius 3 is 2.68 bits per heavy atom. The Morgan fingerprint density at radius 2 is 2.05 bits per heavy atom. The number of hydrogen-bond donors (Lipinski definition) is 2. The molecule has 0 aromatic heterocycles. The lowest BCUT2D eigenvalue weighted by atomic mass is 10.0. The van der Waals surface area contributed by atoms with E-state index in [-0.39, 0.29) is 11.9 Å². The van der Waals surface area contributed by atoms with Crippen molar-refractivity contribution in [2.75, 3.05) is 32.8 Å². The van der Waals surface area contributed by atoms with E-state index in [2.05, 4.69) is 10.2 Å². The van der Waals surface area contributed by atoms with Crippen molar-refractivity contribution in [2.45, 2.75) is 24.4 Å². The number of ether oxygens (including phenoxy) is 1. The standard InChI is InChI=1S/C16H22ClN3O2/c17-13-4-2-1-3-12(13)14(20-7-9-22-10-8-20)11-19-15(21)16(18)5-6-16/h1-4,14H,5-11,18H2,(H,19,21). The summed E-state index contributed by atoms with van der Waals surface area (Å²) in [5.41, 5.74) is 6.34. The van der Waals surface area contributed by atoms with E-state index in [0.717, 1.165) is 36.5 Å². The molecular weight excluding hydrogens is 302 g/mol. The molecule has 1 heterocycles. The normalized spacial score (nSPS) is 22.1. The molecule has 1 aromatic carbocycles. The second-order valence-corrected chi connectivity index (χ2v) is 6.46. The lowest BCUT2D eigenvalue weighted by Gasteiger charge is -2.35. The van der Waals surface area contributed by atoms with E-state index in [1.165, 1.54) is 0 Å². The Morgan fingerprint density at radius 1 is 1.36 bits per heavy atom. The molecule has 1 saturated heterocycles. The second-order valence-electron chi connectivity index (χ2n) is 6.05. The summed E-state index contributed by atoms with van der Waals surface area (Å²) in [6, 6.07) is 7.84. The minimum Gasteiger partial charge on any atom is -0.379 e. The van der Waals surface area contributed by atoms with Crippen LogP contribution in [0.2, 0.25) is 5.02 Å². The summed E-state index contributed by atoms with van der Waals surface area (Å²) >= 11 is 6.36. The molecule has 5 nitrogen and oxygen atoms in total. The predicted molar refractivity (Wildman–Crippen MR) is 85.7 cm³/mol. The van der Waals surface area contributed by atoms with E-state index < -0.39 is 5.54 Å². The van der Waals surface area contributed by atoms with E-state index >= 15 is 0 Å². The third-order valence-electron chi connectivity index (χ3n) is 4.45. The monoisotopic (exact) mass is 323 g/mol. The van der Waals surface area contributed by atoms with E-state index in [0.29, 0.717) is 19.8 Å². The predicted octanol–water partition coefficient (Wildman–Crippen LogP) is 1.32. The van der Waals surface area contributed by atoms with Crippen molar-refractivity contribution in [1.82, 2.24) is 10.2 Å². The van der Waals surface area contributed by atoms with Crippen molar-refractivity contribution in [3.8, 4) is 0 Å². The highest BCUT2D eigenvalue weighted by Gasteiger charge is 2.46. The minimum absolute atomic E-state index is 0.0453. The van der Waals surface area contributed by atoms with Gasteiger partial charge in [0.1, 0.15) is 0 Å². The first-order valence-corrected chi connectivity index (χ1v) is 8.11. The molecule has 0 radical (unpaired) electrons. The SMILES string of the molecule is NC1(C(=O)NCC(c2ccccc2Cl)N2CCOCC2)CC1. The quantitative estimate of drug-likeness (QED) is 0.857. The average molecular weight is 324 g/mol. The Kier molecular flexibility index (Phi) is 4.68. The van der Waals surface area contributed by atoms with Gasteiger partial charge in [0.2, 0.25) is 5.91 Å². The smallest absolute Gasteiger partial charge is 0.240 e. The van der Waals surface area contributed by atoms with Gasteiger partial charge in [-0.1, -0.05) is 29.8 Å². The molecule has 3 N–H and O–H groups in total. The Bertz CT molecular complexity index is 542. The molecule has 1 amide bonds. The number of benzene rings is 1. The van der Waals surface area contributed by atoms with Gasteiger partial charge in [0.05, 0.1) is 24.8 Å². The first-order chi connectivity index (χ1) is 10.6. The summed E-state index contributed by atoms with van der Waals surface area (Å²) in [6.07, 6.45) is 1.54. The fourth-order valence-electron chi connectivity index (χ4n) is 2.80. The lowest BCUT2D eigenvalue weighted by Crippen LogP contribution is -2.48. The van der Waals surface area contributed by atoms with Crippen LogP contribution in [0.5, 0.6) is 0 Å². The highest BCUT2D eigenvalue weighted by atomic mass is 35.5. The third kappa shape index (κ3) is 3.43. The molecule has 22 heavy (non-hydrogen) atoms. The molecule has 1 unspecified atom stereocenters. The van der Waals surface area contributed by atoms with Crippen LogP contribution in [-0.4, -0.2) is 49.2 Å². The summed E-state index contributed by atoms with van der Waals surface area (Å²) < 4.78 is 5.42. The molecule has 0 spiro atoms. The highest BCUT2D eigenvalue weighted by molar-refractivity contribution is 6.31. The van der Waals surface area contributed by atoms with Crippen LogP contribution in [0, 0.1) is 0 Å². The number of morpholine rings is 1. The van der Waals surface area contributed by atoms with Gasteiger partial charge in [-0.2, -0.15) is 0 Å².